The maximum Gasteiger partial charge on any atom is 0.387 e. The minimum Gasteiger partial charge on any atom is -0.491 e. The smallest absolute Gasteiger partial charge is 0.387 e. The predicted octanol–water partition coefficient (Wildman–Crippen LogP) is 4.20. The van der Waals surface area contributed by atoms with Crippen LogP contribution in [0.15, 0.2) is 48.5 Å². The summed E-state index contributed by atoms with van der Waals surface area (Å²) in [5.74, 6) is 0.630. The molecule has 0 atom stereocenters. The average molecular weight is 391 g/mol. The monoisotopic (exact) mass is 391 g/mol. The largest absolute Gasteiger partial charge is 0.491 e. The second kappa shape index (κ2) is 10.9. The number of halogens is 2. The van der Waals surface area contributed by atoms with Gasteiger partial charge < -0.3 is 19.5 Å². The van der Waals surface area contributed by atoms with E-state index in [-0.39, 0.29) is 17.4 Å². The molecule has 0 spiro atoms. The van der Waals surface area contributed by atoms with Crippen molar-refractivity contribution in [1.82, 2.24) is 5.32 Å². The lowest BCUT2D eigenvalue weighted by atomic mass is 10.2. The Morgan fingerprint density at radius 2 is 1.89 bits per heavy atom. The Morgan fingerprint density at radius 1 is 1.11 bits per heavy atom. The lowest BCUT2D eigenvalue weighted by molar-refractivity contribution is -0.116. The molecule has 1 amide bonds. The number of amides is 1. The van der Waals surface area contributed by atoms with E-state index >= 15 is 0 Å². The van der Waals surface area contributed by atoms with Gasteiger partial charge in [-0.1, -0.05) is 24.3 Å². The molecule has 2 rings (SSSR count). The molecule has 0 bridgehead atoms. The third kappa shape index (κ3) is 6.90. The summed E-state index contributed by atoms with van der Waals surface area (Å²) in [5, 5.41) is 2.71. The van der Waals surface area contributed by atoms with Gasteiger partial charge in [0.05, 0.1) is 13.2 Å². The molecule has 7 heteroatoms. The fourth-order valence-corrected chi connectivity index (χ4v) is 2.37. The van der Waals surface area contributed by atoms with Crippen molar-refractivity contribution in [3.8, 4) is 17.2 Å². The molecule has 0 aromatic heterocycles. The minimum absolute atomic E-state index is 0.0493. The number of benzene rings is 2. The van der Waals surface area contributed by atoms with Crippen LogP contribution in [0.4, 0.5) is 8.78 Å². The molecule has 2 aromatic carbocycles. The van der Waals surface area contributed by atoms with E-state index in [1.807, 2.05) is 31.2 Å². The van der Waals surface area contributed by atoms with Gasteiger partial charge in [-0.2, -0.15) is 8.78 Å². The van der Waals surface area contributed by atoms with Crippen LogP contribution in [0.1, 0.15) is 18.1 Å². The first kappa shape index (κ1) is 21.2. The maximum absolute atomic E-state index is 12.4. The summed E-state index contributed by atoms with van der Waals surface area (Å²) in [4.78, 5) is 11.9. The van der Waals surface area contributed by atoms with Gasteiger partial charge in [-0.05, 0) is 49.2 Å². The number of para-hydroxylation sites is 1. The number of ether oxygens (including phenoxy) is 3. The minimum atomic E-state index is -2.94. The van der Waals surface area contributed by atoms with Crippen molar-refractivity contribution >= 4 is 12.0 Å². The van der Waals surface area contributed by atoms with Crippen molar-refractivity contribution in [2.45, 2.75) is 20.5 Å². The Morgan fingerprint density at radius 3 is 2.61 bits per heavy atom. The summed E-state index contributed by atoms with van der Waals surface area (Å²) >= 11 is 0. The topological polar surface area (TPSA) is 56.8 Å². The molecule has 0 saturated carbocycles. The Hall–Kier alpha value is -3.09. The molecule has 0 unspecified atom stereocenters. The zero-order valence-electron chi connectivity index (χ0n) is 15.8. The van der Waals surface area contributed by atoms with Crippen molar-refractivity contribution in [1.29, 1.82) is 0 Å². The zero-order valence-corrected chi connectivity index (χ0v) is 15.8. The van der Waals surface area contributed by atoms with Crippen LogP contribution < -0.4 is 19.5 Å². The molecular weight excluding hydrogens is 368 g/mol. The second-order valence-electron chi connectivity index (χ2n) is 5.76. The van der Waals surface area contributed by atoms with Crippen molar-refractivity contribution in [2.75, 3.05) is 19.8 Å². The van der Waals surface area contributed by atoms with Crippen LogP contribution in [-0.4, -0.2) is 32.3 Å². The number of aryl methyl sites for hydroxylation is 1. The predicted molar refractivity (Wildman–Crippen MR) is 103 cm³/mol. The summed E-state index contributed by atoms with van der Waals surface area (Å²) in [6, 6.07) is 12.1. The molecular formula is C21H23F2NO4. The second-order valence-corrected chi connectivity index (χ2v) is 5.76. The van der Waals surface area contributed by atoms with Crippen LogP contribution in [0.25, 0.3) is 6.08 Å². The lowest BCUT2D eigenvalue weighted by Gasteiger charge is -2.11. The molecule has 5 nitrogen and oxygen atoms in total. The molecule has 0 radical (unpaired) electrons. The molecule has 150 valence electrons. The van der Waals surface area contributed by atoms with Gasteiger partial charge in [0.25, 0.3) is 0 Å². The normalized spacial score (nSPS) is 10.9. The summed E-state index contributed by atoms with van der Waals surface area (Å²) < 4.78 is 40.2. The van der Waals surface area contributed by atoms with Gasteiger partial charge in [0, 0.05) is 6.08 Å². The molecule has 0 fully saturated rings. The third-order valence-corrected chi connectivity index (χ3v) is 3.66. The van der Waals surface area contributed by atoms with Crippen molar-refractivity contribution in [2.24, 2.45) is 0 Å². The van der Waals surface area contributed by atoms with E-state index in [1.165, 1.54) is 18.2 Å². The van der Waals surface area contributed by atoms with Gasteiger partial charge in [-0.15, -0.1) is 0 Å². The highest BCUT2D eigenvalue weighted by atomic mass is 19.3. The van der Waals surface area contributed by atoms with E-state index in [9.17, 15) is 13.6 Å². The van der Waals surface area contributed by atoms with E-state index in [2.05, 4.69) is 10.1 Å². The van der Waals surface area contributed by atoms with Crippen LogP contribution in [0, 0.1) is 6.92 Å². The van der Waals surface area contributed by atoms with E-state index in [1.54, 1.807) is 19.1 Å². The van der Waals surface area contributed by atoms with Crippen molar-refractivity contribution in [3.05, 3.63) is 59.7 Å². The zero-order chi connectivity index (χ0) is 20.4. The SMILES string of the molecule is CCOc1cc(/C=C/C(=O)NCCOc2ccccc2C)ccc1OC(F)F. The van der Waals surface area contributed by atoms with Gasteiger partial charge in [0.2, 0.25) is 5.91 Å². The Kier molecular flexibility index (Phi) is 8.27. The van der Waals surface area contributed by atoms with Crippen LogP contribution in [0.3, 0.4) is 0 Å². The quantitative estimate of drug-likeness (QED) is 0.487. The number of hydrogen-bond donors (Lipinski definition) is 1. The highest BCUT2D eigenvalue weighted by molar-refractivity contribution is 5.91. The molecule has 0 aliphatic rings. The molecule has 0 heterocycles. The van der Waals surface area contributed by atoms with Crippen LogP contribution >= 0.6 is 0 Å². The number of carbonyl (C=O) groups is 1. The fourth-order valence-electron chi connectivity index (χ4n) is 2.37. The first-order valence-electron chi connectivity index (χ1n) is 8.85. The Balaban J connectivity index is 1.85. The summed E-state index contributed by atoms with van der Waals surface area (Å²) in [7, 11) is 0. The number of alkyl halides is 2. The van der Waals surface area contributed by atoms with Gasteiger partial charge in [0.1, 0.15) is 12.4 Å². The first-order chi connectivity index (χ1) is 13.5. The van der Waals surface area contributed by atoms with Gasteiger partial charge >= 0.3 is 6.61 Å². The van der Waals surface area contributed by atoms with E-state index in [0.717, 1.165) is 11.3 Å². The standard InChI is InChI=1S/C21H23F2NO4/c1-3-26-19-14-16(8-10-18(19)28-21(22)23)9-11-20(25)24-12-13-27-17-7-5-4-6-15(17)2/h4-11,14,21H,3,12-13H2,1-2H3,(H,24,25)/b11-9+. The maximum atomic E-state index is 12.4. The number of rotatable bonds is 10. The number of nitrogens with one attached hydrogen (secondary N) is 1. The molecule has 0 saturated heterocycles. The lowest BCUT2D eigenvalue weighted by Crippen LogP contribution is -2.26. The molecule has 2 aromatic rings. The Bertz CT molecular complexity index is 809. The van der Waals surface area contributed by atoms with Crippen LogP contribution in [0.5, 0.6) is 17.2 Å². The van der Waals surface area contributed by atoms with Crippen LogP contribution in [0.2, 0.25) is 0 Å². The number of carbonyl (C=O) groups excluding carboxylic acids is 1. The van der Waals surface area contributed by atoms with Crippen molar-refractivity contribution in [3.63, 3.8) is 0 Å². The van der Waals surface area contributed by atoms with Gasteiger partial charge in [-0.25, -0.2) is 0 Å². The Labute approximate surface area is 162 Å². The summed E-state index contributed by atoms with van der Waals surface area (Å²) in [6.45, 7) is 1.75. The van der Waals surface area contributed by atoms with Gasteiger partial charge in [0.15, 0.2) is 11.5 Å². The summed E-state index contributed by atoms with van der Waals surface area (Å²) in [5.41, 5.74) is 1.65. The molecule has 0 aliphatic heterocycles. The molecule has 0 aliphatic carbocycles. The highest BCUT2D eigenvalue weighted by Crippen LogP contribution is 2.30. The highest BCUT2D eigenvalue weighted by Gasteiger charge is 2.11. The van der Waals surface area contributed by atoms with Crippen molar-refractivity contribution < 1.29 is 27.8 Å². The van der Waals surface area contributed by atoms with E-state index in [0.29, 0.717) is 25.3 Å². The number of hydrogen-bond acceptors (Lipinski definition) is 4. The third-order valence-electron chi connectivity index (χ3n) is 3.66. The fraction of sp³-hybridized carbons (Fsp3) is 0.286. The van der Waals surface area contributed by atoms with E-state index in [4.69, 9.17) is 9.47 Å². The first-order valence-corrected chi connectivity index (χ1v) is 8.85. The van der Waals surface area contributed by atoms with Crippen LogP contribution in [-0.2, 0) is 4.79 Å². The van der Waals surface area contributed by atoms with Gasteiger partial charge in [-0.3, -0.25) is 4.79 Å². The molecule has 28 heavy (non-hydrogen) atoms. The molecule has 1 N–H and O–H groups in total. The average Bonchev–Trinajstić information content (AvgIpc) is 2.66. The summed E-state index contributed by atoms with van der Waals surface area (Å²) in [6.07, 6.45) is 2.92. The van der Waals surface area contributed by atoms with E-state index < -0.39 is 6.61 Å².